The van der Waals surface area contributed by atoms with Gasteiger partial charge in [0.25, 0.3) is 0 Å². The Morgan fingerprint density at radius 3 is 2.16 bits per heavy atom. The Morgan fingerprint density at radius 1 is 1.06 bits per heavy atom. The largest absolute Gasteiger partial charge is 0.414 e. The standard InChI is InChI=1S/C26H50O5Si/c1-18(2)21-13-12-19(3)15-26(21)30-22(14-20(16-27)29-24(4,5)6)23(31-26)17-28-32(10,11)25(7,8)9/h16,18-23H,12-15,17H2,1-11H3/t19-,20-,21+,22+,23-,26+/m1/s1. The Bertz CT molecular complexity index is 621. The predicted octanol–water partition coefficient (Wildman–Crippen LogP) is 6.35. The molecule has 1 aliphatic carbocycles. The summed E-state index contributed by atoms with van der Waals surface area (Å²) in [5, 5.41) is 0.125. The zero-order valence-electron chi connectivity index (χ0n) is 22.6. The summed E-state index contributed by atoms with van der Waals surface area (Å²) in [6.45, 7) is 24.5. The van der Waals surface area contributed by atoms with Gasteiger partial charge in [-0.15, -0.1) is 0 Å². The molecule has 0 aromatic heterocycles. The van der Waals surface area contributed by atoms with Crippen LogP contribution in [0.5, 0.6) is 0 Å². The minimum Gasteiger partial charge on any atom is -0.414 e. The van der Waals surface area contributed by atoms with Gasteiger partial charge in [-0.1, -0.05) is 48.0 Å². The third-order valence-electron chi connectivity index (χ3n) is 7.63. The summed E-state index contributed by atoms with van der Waals surface area (Å²) in [6, 6.07) is 0. The monoisotopic (exact) mass is 470 g/mol. The molecule has 0 aromatic carbocycles. The Labute approximate surface area is 198 Å². The van der Waals surface area contributed by atoms with Gasteiger partial charge in [-0.3, -0.25) is 0 Å². The average Bonchev–Trinajstić information content (AvgIpc) is 2.94. The second-order valence-corrected chi connectivity index (χ2v) is 17.9. The van der Waals surface area contributed by atoms with Gasteiger partial charge in [0, 0.05) is 18.8 Å². The smallest absolute Gasteiger partial charge is 0.192 e. The van der Waals surface area contributed by atoms with Crippen LogP contribution in [0.3, 0.4) is 0 Å². The lowest BCUT2D eigenvalue weighted by Crippen LogP contribution is -2.47. The number of hydrogen-bond acceptors (Lipinski definition) is 5. The van der Waals surface area contributed by atoms with E-state index in [1.807, 2.05) is 20.8 Å². The van der Waals surface area contributed by atoms with Crippen LogP contribution in [0.4, 0.5) is 0 Å². The molecule has 1 heterocycles. The van der Waals surface area contributed by atoms with Crippen molar-refractivity contribution in [3.63, 3.8) is 0 Å². The van der Waals surface area contributed by atoms with Crippen LogP contribution in [-0.2, 0) is 23.4 Å². The van der Waals surface area contributed by atoms with Gasteiger partial charge in [0.15, 0.2) is 14.1 Å². The molecule has 2 fully saturated rings. The van der Waals surface area contributed by atoms with E-state index in [1.54, 1.807) is 0 Å². The zero-order chi connectivity index (χ0) is 24.5. The highest BCUT2D eigenvalue weighted by atomic mass is 28.4. The van der Waals surface area contributed by atoms with Gasteiger partial charge in [-0.2, -0.15) is 0 Å². The molecule has 6 heteroatoms. The molecule has 0 bridgehead atoms. The number of carbonyl (C=O) groups is 1. The first kappa shape index (κ1) is 28.0. The van der Waals surface area contributed by atoms with Crippen LogP contribution in [0, 0.1) is 17.8 Å². The first-order valence-electron chi connectivity index (χ1n) is 12.6. The number of aldehydes is 1. The third-order valence-corrected chi connectivity index (χ3v) is 12.1. The summed E-state index contributed by atoms with van der Waals surface area (Å²) in [5.41, 5.74) is -0.393. The van der Waals surface area contributed by atoms with Crippen molar-refractivity contribution in [3.05, 3.63) is 0 Å². The van der Waals surface area contributed by atoms with Crippen molar-refractivity contribution in [2.45, 2.75) is 136 Å². The lowest BCUT2D eigenvalue weighted by atomic mass is 9.73. The van der Waals surface area contributed by atoms with Gasteiger partial charge >= 0.3 is 0 Å². The summed E-state index contributed by atoms with van der Waals surface area (Å²) >= 11 is 0. The molecule has 0 amide bonds. The normalized spacial score (nSPS) is 33.1. The van der Waals surface area contributed by atoms with Gasteiger partial charge < -0.3 is 23.4 Å². The van der Waals surface area contributed by atoms with E-state index in [0.29, 0.717) is 30.8 Å². The Kier molecular flexibility index (Phi) is 8.87. The molecule has 32 heavy (non-hydrogen) atoms. The second-order valence-electron chi connectivity index (χ2n) is 13.1. The van der Waals surface area contributed by atoms with Crippen molar-refractivity contribution < 1.29 is 23.4 Å². The van der Waals surface area contributed by atoms with Crippen molar-refractivity contribution in [1.29, 1.82) is 0 Å². The van der Waals surface area contributed by atoms with Gasteiger partial charge in [-0.05, 0) is 57.2 Å². The molecule has 1 saturated carbocycles. The lowest BCUT2D eigenvalue weighted by molar-refractivity contribution is -0.246. The van der Waals surface area contributed by atoms with Crippen LogP contribution in [0.1, 0.15) is 88.0 Å². The van der Waals surface area contributed by atoms with Crippen LogP contribution in [0.25, 0.3) is 0 Å². The van der Waals surface area contributed by atoms with E-state index < -0.39 is 25.8 Å². The maximum Gasteiger partial charge on any atom is 0.192 e. The number of ether oxygens (including phenoxy) is 3. The first-order valence-corrected chi connectivity index (χ1v) is 15.5. The zero-order valence-corrected chi connectivity index (χ0v) is 23.6. The van der Waals surface area contributed by atoms with Gasteiger partial charge in [0.05, 0.1) is 18.3 Å². The van der Waals surface area contributed by atoms with E-state index >= 15 is 0 Å². The number of rotatable bonds is 8. The van der Waals surface area contributed by atoms with Crippen LogP contribution < -0.4 is 0 Å². The summed E-state index contributed by atoms with van der Waals surface area (Å²) in [5.74, 6) is 0.777. The van der Waals surface area contributed by atoms with Crippen LogP contribution in [0.15, 0.2) is 0 Å². The molecule has 0 N–H and O–H groups in total. The van der Waals surface area contributed by atoms with Crippen molar-refractivity contribution in [3.8, 4) is 0 Å². The van der Waals surface area contributed by atoms with Crippen molar-refractivity contribution in [1.82, 2.24) is 0 Å². The highest BCUT2D eigenvalue weighted by molar-refractivity contribution is 6.74. The van der Waals surface area contributed by atoms with E-state index in [9.17, 15) is 4.79 Å². The third kappa shape index (κ3) is 6.88. The molecular formula is C26H50O5Si. The first-order chi connectivity index (χ1) is 14.5. The fourth-order valence-corrected chi connectivity index (χ4v) is 5.90. The molecule has 0 aromatic rings. The van der Waals surface area contributed by atoms with Crippen molar-refractivity contribution >= 4 is 14.6 Å². The van der Waals surface area contributed by atoms with E-state index in [0.717, 1.165) is 19.1 Å². The van der Waals surface area contributed by atoms with Crippen molar-refractivity contribution in [2.75, 3.05) is 6.61 Å². The van der Waals surface area contributed by atoms with Gasteiger partial charge in [-0.25, -0.2) is 0 Å². The molecule has 0 unspecified atom stereocenters. The Morgan fingerprint density at radius 2 is 1.66 bits per heavy atom. The highest BCUT2D eigenvalue weighted by Crippen LogP contribution is 2.50. The summed E-state index contributed by atoms with van der Waals surface area (Å²) in [4.78, 5) is 11.9. The molecule has 1 aliphatic heterocycles. The average molecular weight is 471 g/mol. The fourth-order valence-electron chi connectivity index (χ4n) is 4.89. The van der Waals surface area contributed by atoms with Crippen LogP contribution in [0.2, 0.25) is 18.1 Å². The second kappa shape index (κ2) is 10.1. The summed E-state index contributed by atoms with van der Waals surface area (Å²) in [7, 11) is -1.94. The number of carbonyl (C=O) groups excluding carboxylic acids is 1. The SMILES string of the molecule is CC(C)[C@@H]1CC[C@@H](C)C[C@@]12O[C@@H](C[C@H](C=O)OC(C)(C)C)[C@@H](CO[Si](C)(C)C(C)(C)C)O2. The molecule has 6 atom stereocenters. The highest BCUT2D eigenvalue weighted by Gasteiger charge is 2.56. The Balaban J connectivity index is 2.28. The molecular weight excluding hydrogens is 420 g/mol. The molecule has 1 spiro atoms. The van der Waals surface area contributed by atoms with E-state index in [4.69, 9.17) is 18.6 Å². The topological polar surface area (TPSA) is 54.0 Å². The van der Waals surface area contributed by atoms with E-state index in [2.05, 4.69) is 54.6 Å². The minimum atomic E-state index is -1.94. The maximum atomic E-state index is 11.9. The van der Waals surface area contributed by atoms with Crippen LogP contribution in [-0.4, -0.2) is 50.9 Å². The molecule has 2 rings (SSSR count). The number of hydrogen-bond donors (Lipinski definition) is 0. The molecule has 0 radical (unpaired) electrons. The molecule has 1 saturated heterocycles. The van der Waals surface area contributed by atoms with E-state index in [1.165, 1.54) is 6.42 Å². The molecule has 188 valence electrons. The van der Waals surface area contributed by atoms with Crippen LogP contribution >= 0.6 is 0 Å². The summed E-state index contributed by atoms with van der Waals surface area (Å²) < 4.78 is 26.3. The van der Waals surface area contributed by atoms with Crippen molar-refractivity contribution in [2.24, 2.45) is 17.8 Å². The van der Waals surface area contributed by atoms with E-state index in [-0.39, 0.29) is 17.2 Å². The lowest BCUT2D eigenvalue weighted by Gasteiger charge is -2.44. The molecule has 2 aliphatic rings. The van der Waals surface area contributed by atoms with Gasteiger partial charge in [0.1, 0.15) is 18.5 Å². The quantitative estimate of drug-likeness (QED) is 0.305. The molecule has 5 nitrogen and oxygen atoms in total. The maximum absolute atomic E-state index is 11.9. The summed E-state index contributed by atoms with van der Waals surface area (Å²) in [6.07, 6.45) is 3.68. The predicted molar refractivity (Wildman–Crippen MR) is 132 cm³/mol. The Hall–Kier alpha value is -0.273. The van der Waals surface area contributed by atoms with Gasteiger partial charge in [0.2, 0.25) is 0 Å². The minimum absolute atomic E-state index is 0.125. The fraction of sp³-hybridized carbons (Fsp3) is 0.962.